The van der Waals surface area contributed by atoms with E-state index in [1.54, 1.807) is 36.9 Å². The highest BCUT2D eigenvalue weighted by Crippen LogP contribution is 2.33. The summed E-state index contributed by atoms with van der Waals surface area (Å²) in [5, 5.41) is 12.8. The number of aliphatic carboxylic acids is 1. The van der Waals surface area contributed by atoms with Crippen LogP contribution in [0.4, 0.5) is 15.8 Å². The van der Waals surface area contributed by atoms with E-state index in [0.717, 1.165) is 11.3 Å². The zero-order valence-corrected chi connectivity index (χ0v) is 27.1. The van der Waals surface area contributed by atoms with Gasteiger partial charge in [-0.1, -0.05) is 37.8 Å². The molecule has 0 aliphatic carbocycles. The van der Waals surface area contributed by atoms with Crippen LogP contribution in [0.2, 0.25) is 0 Å². The predicted molar refractivity (Wildman–Crippen MR) is 175 cm³/mol. The molecule has 2 aliphatic rings. The average Bonchev–Trinajstić information content (AvgIpc) is 3.01. The molecule has 46 heavy (non-hydrogen) atoms. The molecular formula is C34H38FN5O5S. The van der Waals surface area contributed by atoms with E-state index in [-0.39, 0.29) is 31.4 Å². The Hall–Kier alpha value is -4.44. The number of piperazine rings is 1. The van der Waals surface area contributed by atoms with Gasteiger partial charge in [-0.3, -0.25) is 9.59 Å². The molecule has 1 fully saturated rings. The molecule has 12 heteroatoms. The molecule has 1 saturated heterocycles. The highest BCUT2D eigenvalue weighted by Gasteiger charge is 2.38. The van der Waals surface area contributed by atoms with Gasteiger partial charge >= 0.3 is 5.97 Å². The zero-order valence-electron chi connectivity index (χ0n) is 26.2. The summed E-state index contributed by atoms with van der Waals surface area (Å²) in [5.74, 6) is 4.19. The number of carboxylic acid groups (broad SMARTS) is 1. The average molecular weight is 648 g/mol. The summed E-state index contributed by atoms with van der Waals surface area (Å²) in [6.07, 6.45) is 0. The fraction of sp³-hybridized carbons (Fsp3) is 0.353. The molecule has 1 amide bonds. The van der Waals surface area contributed by atoms with Gasteiger partial charge in [-0.2, -0.15) is 17.4 Å². The third kappa shape index (κ3) is 7.33. The van der Waals surface area contributed by atoms with Gasteiger partial charge in [-0.05, 0) is 79.9 Å². The lowest BCUT2D eigenvalue weighted by atomic mass is 9.99. The summed E-state index contributed by atoms with van der Waals surface area (Å²) in [4.78, 5) is 28.8. The van der Waals surface area contributed by atoms with Crippen LogP contribution < -0.4 is 14.9 Å². The number of carbonyl (C=O) groups is 2. The molecule has 0 aromatic heterocycles. The van der Waals surface area contributed by atoms with Gasteiger partial charge in [-0.25, -0.2) is 4.39 Å². The molecule has 10 nitrogen and oxygen atoms in total. The molecule has 3 N–H and O–H groups in total. The van der Waals surface area contributed by atoms with E-state index in [9.17, 15) is 27.5 Å². The number of amides is 1. The Morgan fingerprint density at radius 2 is 1.65 bits per heavy atom. The minimum atomic E-state index is -3.94. The zero-order chi connectivity index (χ0) is 33.2. The third-order valence-corrected chi connectivity index (χ3v) is 9.81. The molecule has 1 atom stereocenters. The van der Waals surface area contributed by atoms with Crippen molar-refractivity contribution in [3.63, 3.8) is 0 Å². The summed E-state index contributed by atoms with van der Waals surface area (Å²) in [5.41, 5.74) is 3.61. The van der Waals surface area contributed by atoms with E-state index in [4.69, 9.17) is 0 Å². The summed E-state index contributed by atoms with van der Waals surface area (Å²) >= 11 is 0. The van der Waals surface area contributed by atoms with E-state index in [1.165, 1.54) is 16.4 Å². The highest BCUT2D eigenvalue weighted by molar-refractivity contribution is 7.87. The van der Waals surface area contributed by atoms with Crippen LogP contribution in [0.3, 0.4) is 0 Å². The molecule has 2 aliphatic heterocycles. The normalized spacial score (nSPS) is 17.1. The lowest BCUT2D eigenvalue weighted by Crippen LogP contribution is -2.55. The van der Waals surface area contributed by atoms with Crippen LogP contribution in [0, 0.1) is 23.6 Å². The van der Waals surface area contributed by atoms with Crippen LogP contribution in [-0.4, -0.2) is 72.5 Å². The topological polar surface area (TPSA) is 122 Å². The number of fused-ring (bicyclic) bond motifs is 1. The van der Waals surface area contributed by atoms with Crippen molar-refractivity contribution >= 4 is 33.5 Å². The molecule has 2 heterocycles. The molecule has 0 radical (unpaired) electrons. The van der Waals surface area contributed by atoms with Crippen molar-refractivity contribution in [1.82, 2.24) is 13.9 Å². The van der Waals surface area contributed by atoms with Gasteiger partial charge in [0.2, 0.25) is 0 Å². The SMILES string of the molecule is CC(C)[C@@H](NS(=O)(=O)N1CCN(c2ccc(C#Cc3ccc4c(c3)C(=O)N(Cc3cccc(F)c3)C(C)(C)N4)cc2)CC1)C(=O)O. The van der Waals surface area contributed by atoms with Gasteiger partial charge in [0.15, 0.2) is 0 Å². The van der Waals surface area contributed by atoms with Gasteiger partial charge in [0.1, 0.15) is 17.5 Å². The smallest absolute Gasteiger partial charge is 0.322 e. The van der Waals surface area contributed by atoms with E-state index in [0.29, 0.717) is 35.5 Å². The number of nitrogens with one attached hydrogen (secondary N) is 2. The minimum absolute atomic E-state index is 0.165. The first-order valence-corrected chi connectivity index (χ1v) is 16.5. The lowest BCUT2D eigenvalue weighted by Gasteiger charge is -2.44. The Morgan fingerprint density at radius 3 is 2.28 bits per heavy atom. The van der Waals surface area contributed by atoms with Crippen LogP contribution >= 0.6 is 0 Å². The largest absolute Gasteiger partial charge is 0.480 e. The van der Waals surface area contributed by atoms with Crippen molar-refractivity contribution in [3.8, 4) is 11.8 Å². The van der Waals surface area contributed by atoms with Crippen molar-refractivity contribution in [3.05, 3.63) is 94.8 Å². The quantitative estimate of drug-likeness (QED) is 0.315. The maximum atomic E-state index is 13.8. The number of anilines is 2. The van der Waals surface area contributed by atoms with E-state index < -0.39 is 33.8 Å². The predicted octanol–water partition coefficient (Wildman–Crippen LogP) is 4.10. The second-order valence-corrected chi connectivity index (χ2v) is 14.0. The second kappa shape index (κ2) is 13.1. The summed E-state index contributed by atoms with van der Waals surface area (Å²) < 4.78 is 43.0. The first kappa shape index (κ1) is 32.9. The number of halogens is 1. The van der Waals surface area contributed by atoms with Gasteiger partial charge in [0.05, 0.1) is 5.56 Å². The van der Waals surface area contributed by atoms with Crippen LogP contribution in [0.5, 0.6) is 0 Å². The molecular weight excluding hydrogens is 609 g/mol. The first-order valence-electron chi connectivity index (χ1n) is 15.1. The fourth-order valence-corrected chi connectivity index (χ4v) is 7.07. The van der Waals surface area contributed by atoms with Gasteiger partial charge in [-0.15, -0.1) is 0 Å². The summed E-state index contributed by atoms with van der Waals surface area (Å²) in [7, 11) is -3.94. The molecule has 0 saturated carbocycles. The number of nitrogens with zero attached hydrogens (tertiary/aromatic N) is 3. The number of carbonyl (C=O) groups excluding carboxylic acids is 1. The molecule has 3 aromatic carbocycles. The second-order valence-electron chi connectivity index (χ2n) is 12.3. The Labute approximate surface area is 269 Å². The van der Waals surface area contributed by atoms with Gasteiger partial charge < -0.3 is 20.2 Å². The van der Waals surface area contributed by atoms with Crippen molar-refractivity contribution < 1.29 is 27.5 Å². The maximum Gasteiger partial charge on any atom is 0.322 e. The first-order chi connectivity index (χ1) is 21.7. The fourth-order valence-electron chi connectivity index (χ4n) is 5.58. The van der Waals surface area contributed by atoms with Crippen LogP contribution in [0.25, 0.3) is 0 Å². The number of rotatable bonds is 8. The molecule has 0 bridgehead atoms. The molecule has 0 unspecified atom stereocenters. The molecule has 0 spiro atoms. The van der Waals surface area contributed by atoms with Crippen molar-refractivity contribution in [1.29, 1.82) is 0 Å². The standard InChI is InChI=1S/C34H38FN5O5S/c1-23(2)31(33(42)43)37-46(44,45)39-18-16-38(17-19-39)28-13-10-24(11-14-28)8-9-25-12-15-30-29(21-25)32(41)40(34(3,4)36-30)22-26-6-5-7-27(35)20-26/h5-7,10-15,20-21,23,31,36-37H,16-19,22H2,1-4H3,(H,42,43)/t31-/m1/s1. The van der Waals surface area contributed by atoms with Crippen molar-refractivity contribution in [2.75, 3.05) is 36.4 Å². The monoisotopic (exact) mass is 647 g/mol. The van der Waals surface area contributed by atoms with Gasteiger partial charge in [0, 0.05) is 55.2 Å². The van der Waals surface area contributed by atoms with E-state index in [2.05, 4.69) is 26.8 Å². The third-order valence-electron chi connectivity index (χ3n) is 8.21. The van der Waals surface area contributed by atoms with E-state index in [1.807, 2.05) is 50.2 Å². The van der Waals surface area contributed by atoms with Crippen LogP contribution in [0.15, 0.2) is 66.7 Å². The van der Waals surface area contributed by atoms with Crippen LogP contribution in [0.1, 0.15) is 54.7 Å². The highest BCUT2D eigenvalue weighted by atomic mass is 32.2. The number of carboxylic acids is 1. The van der Waals surface area contributed by atoms with Crippen molar-refractivity contribution in [2.45, 2.75) is 45.9 Å². The van der Waals surface area contributed by atoms with Crippen LogP contribution in [-0.2, 0) is 21.5 Å². The summed E-state index contributed by atoms with van der Waals surface area (Å²) in [6, 6.07) is 18.2. The number of benzene rings is 3. The van der Waals surface area contributed by atoms with Crippen molar-refractivity contribution in [2.24, 2.45) is 5.92 Å². The molecule has 242 valence electrons. The minimum Gasteiger partial charge on any atom is -0.480 e. The Kier molecular flexibility index (Phi) is 9.39. The van der Waals surface area contributed by atoms with Gasteiger partial charge in [0.25, 0.3) is 16.1 Å². The number of hydrogen-bond acceptors (Lipinski definition) is 6. The van der Waals surface area contributed by atoms with E-state index >= 15 is 0 Å². The Balaban J connectivity index is 1.23. The summed E-state index contributed by atoms with van der Waals surface area (Å²) in [6.45, 7) is 8.75. The Bertz CT molecular complexity index is 1790. The Morgan fingerprint density at radius 1 is 1.00 bits per heavy atom. The molecule has 5 rings (SSSR count). The maximum absolute atomic E-state index is 13.8. The lowest BCUT2D eigenvalue weighted by molar-refractivity contribution is -0.140. The number of hydrogen-bond donors (Lipinski definition) is 3. The molecule has 3 aromatic rings.